The van der Waals surface area contributed by atoms with Crippen molar-refractivity contribution in [3.05, 3.63) is 30.1 Å². The standard InChI is InChI=1S/C17H21FN4O3/c18-12-1-3-13(4-2-12)19-16(24)11-21-7-9-22(10-8-21)17(25)14-5-6-15(23)20-14/h1-4,14H,5-11H2,(H,19,24)(H,20,23)/p+1/t14-/m0/s1. The highest BCUT2D eigenvalue weighted by Gasteiger charge is 2.33. The zero-order valence-corrected chi connectivity index (χ0v) is 13.9. The number of carbonyl (C=O) groups excluding carboxylic acids is 3. The maximum atomic E-state index is 12.9. The molecule has 0 aliphatic carbocycles. The van der Waals surface area contributed by atoms with Gasteiger partial charge in [-0.05, 0) is 30.7 Å². The first-order chi connectivity index (χ1) is 12.0. The summed E-state index contributed by atoms with van der Waals surface area (Å²) in [6.45, 7) is 2.82. The van der Waals surface area contributed by atoms with Gasteiger partial charge >= 0.3 is 0 Å². The minimum Gasteiger partial charge on any atom is -0.344 e. The van der Waals surface area contributed by atoms with Crippen molar-refractivity contribution in [2.45, 2.75) is 18.9 Å². The molecule has 8 heteroatoms. The number of piperazine rings is 1. The molecule has 3 amide bonds. The lowest BCUT2D eigenvalue weighted by molar-refractivity contribution is -0.895. The van der Waals surface area contributed by atoms with Gasteiger partial charge in [0.2, 0.25) is 11.8 Å². The Morgan fingerprint density at radius 2 is 1.92 bits per heavy atom. The summed E-state index contributed by atoms with van der Waals surface area (Å²) in [6, 6.07) is 5.25. The minimum absolute atomic E-state index is 0.0272. The van der Waals surface area contributed by atoms with Crippen LogP contribution in [0.2, 0.25) is 0 Å². The van der Waals surface area contributed by atoms with Crippen LogP contribution in [-0.4, -0.2) is 61.4 Å². The molecule has 0 unspecified atom stereocenters. The van der Waals surface area contributed by atoms with E-state index < -0.39 is 6.04 Å². The number of quaternary nitrogens is 1. The summed E-state index contributed by atoms with van der Waals surface area (Å²) in [5.74, 6) is -0.576. The Bertz CT molecular complexity index is 656. The summed E-state index contributed by atoms with van der Waals surface area (Å²) in [5, 5.41) is 5.44. The summed E-state index contributed by atoms with van der Waals surface area (Å²) in [6.07, 6.45) is 0.968. The van der Waals surface area contributed by atoms with E-state index in [0.29, 0.717) is 51.3 Å². The molecule has 0 aromatic heterocycles. The molecule has 2 heterocycles. The van der Waals surface area contributed by atoms with E-state index in [2.05, 4.69) is 10.6 Å². The van der Waals surface area contributed by atoms with Crippen LogP contribution in [0.4, 0.5) is 10.1 Å². The second-order valence-corrected chi connectivity index (χ2v) is 6.47. The third-order valence-corrected chi connectivity index (χ3v) is 4.61. The van der Waals surface area contributed by atoms with Crippen LogP contribution < -0.4 is 15.5 Å². The zero-order chi connectivity index (χ0) is 17.8. The number of anilines is 1. The van der Waals surface area contributed by atoms with Crippen LogP contribution in [0.25, 0.3) is 0 Å². The molecule has 0 saturated carbocycles. The highest BCUT2D eigenvalue weighted by atomic mass is 19.1. The lowest BCUT2D eigenvalue weighted by atomic mass is 10.2. The van der Waals surface area contributed by atoms with Crippen molar-refractivity contribution in [2.24, 2.45) is 0 Å². The first kappa shape index (κ1) is 17.3. The second kappa shape index (κ2) is 7.60. The molecule has 2 fully saturated rings. The summed E-state index contributed by atoms with van der Waals surface area (Å²) < 4.78 is 12.9. The van der Waals surface area contributed by atoms with Crippen molar-refractivity contribution in [1.29, 1.82) is 0 Å². The molecule has 7 nitrogen and oxygen atoms in total. The van der Waals surface area contributed by atoms with Gasteiger partial charge in [-0.3, -0.25) is 14.4 Å². The molecule has 0 radical (unpaired) electrons. The van der Waals surface area contributed by atoms with Gasteiger partial charge in [0.05, 0.1) is 26.2 Å². The minimum atomic E-state index is -0.393. The van der Waals surface area contributed by atoms with Crippen molar-refractivity contribution in [3.8, 4) is 0 Å². The predicted molar refractivity (Wildman–Crippen MR) is 88.3 cm³/mol. The van der Waals surface area contributed by atoms with E-state index in [9.17, 15) is 18.8 Å². The Labute approximate surface area is 145 Å². The average Bonchev–Trinajstić information content (AvgIpc) is 3.03. The number of nitrogens with zero attached hydrogens (tertiary/aromatic N) is 1. The van der Waals surface area contributed by atoms with Gasteiger partial charge in [0, 0.05) is 12.1 Å². The van der Waals surface area contributed by atoms with Crippen molar-refractivity contribution in [2.75, 3.05) is 38.0 Å². The molecular formula is C17H22FN4O3+. The molecule has 134 valence electrons. The van der Waals surface area contributed by atoms with Crippen molar-refractivity contribution in [1.82, 2.24) is 10.2 Å². The number of hydrogen-bond acceptors (Lipinski definition) is 3. The van der Waals surface area contributed by atoms with Gasteiger partial charge in [0.15, 0.2) is 6.54 Å². The average molecular weight is 349 g/mol. The Kier molecular flexibility index (Phi) is 5.28. The van der Waals surface area contributed by atoms with E-state index in [1.54, 1.807) is 4.90 Å². The van der Waals surface area contributed by atoms with E-state index in [4.69, 9.17) is 0 Å². The molecule has 2 aliphatic rings. The van der Waals surface area contributed by atoms with Crippen molar-refractivity contribution >= 4 is 23.4 Å². The van der Waals surface area contributed by atoms with E-state index >= 15 is 0 Å². The van der Waals surface area contributed by atoms with Crippen LogP contribution in [0.1, 0.15) is 12.8 Å². The molecule has 1 atom stereocenters. The predicted octanol–water partition coefficient (Wildman–Crippen LogP) is -1.23. The van der Waals surface area contributed by atoms with E-state index in [-0.39, 0.29) is 23.5 Å². The van der Waals surface area contributed by atoms with Crippen LogP contribution in [0, 0.1) is 5.82 Å². The molecule has 3 rings (SSSR count). The lowest BCUT2D eigenvalue weighted by Crippen LogP contribution is -3.15. The zero-order valence-electron chi connectivity index (χ0n) is 13.9. The Morgan fingerprint density at radius 1 is 1.24 bits per heavy atom. The molecule has 1 aromatic carbocycles. The third kappa shape index (κ3) is 4.54. The number of halogens is 1. The molecule has 2 aliphatic heterocycles. The first-order valence-electron chi connectivity index (χ1n) is 8.48. The number of nitrogens with one attached hydrogen (secondary N) is 3. The Balaban J connectivity index is 1.42. The smallest absolute Gasteiger partial charge is 0.279 e. The third-order valence-electron chi connectivity index (χ3n) is 4.61. The monoisotopic (exact) mass is 349 g/mol. The van der Waals surface area contributed by atoms with Gasteiger partial charge in [-0.15, -0.1) is 0 Å². The molecule has 2 saturated heterocycles. The Morgan fingerprint density at radius 3 is 2.52 bits per heavy atom. The maximum Gasteiger partial charge on any atom is 0.279 e. The highest BCUT2D eigenvalue weighted by Crippen LogP contribution is 2.10. The fourth-order valence-electron chi connectivity index (χ4n) is 3.21. The molecule has 25 heavy (non-hydrogen) atoms. The van der Waals surface area contributed by atoms with Crippen LogP contribution in [-0.2, 0) is 14.4 Å². The fraction of sp³-hybridized carbons (Fsp3) is 0.471. The number of rotatable bonds is 4. The topological polar surface area (TPSA) is 83.0 Å². The van der Waals surface area contributed by atoms with E-state index in [1.807, 2.05) is 0 Å². The van der Waals surface area contributed by atoms with Gasteiger partial charge in [0.25, 0.3) is 5.91 Å². The van der Waals surface area contributed by atoms with Crippen LogP contribution >= 0.6 is 0 Å². The molecular weight excluding hydrogens is 327 g/mol. The summed E-state index contributed by atoms with van der Waals surface area (Å²) in [7, 11) is 0. The second-order valence-electron chi connectivity index (χ2n) is 6.47. The van der Waals surface area contributed by atoms with Gasteiger partial charge in [-0.25, -0.2) is 4.39 Å². The number of benzene rings is 1. The highest BCUT2D eigenvalue weighted by molar-refractivity contribution is 5.91. The number of amides is 3. The molecule has 1 aromatic rings. The molecule has 3 N–H and O–H groups in total. The van der Waals surface area contributed by atoms with Gasteiger partial charge in [-0.1, -0.05) is 0 Å². The van der Waals surface area contributed by atoms with Crippen LogP contribution in [0.5, 0.6) is 0 Å². The van der Waals surface area contributed by atoms with Crippen LogP contribution in [0.3, 0.4) is 0 Å². The molecule has 0 bridgehead atoms. The largest absolute Gasteiger partial charge is 0.344 e. The summed E-state index contributed by atoms with van der Waals surface area (Å²) in [4.78, 5) is 38.5. The summed E-state index contributed by atoms with van der Waals surface area (Å²) >= 11 is 0. The first-order valence-corrected chi connectivity index (χ1v) is 8.48. The number of hydrogen-bond donors (Lipinski definition) is 3. The van der Waals surface area contributed by atoms with Gasteiger partial charge in [-0.2, -0.15) is 0 Å². The van der Waals surface area contributed by atoms with E-state index in [1.165, 1.54) is 24.3 Å². The quantitative estimate of drug-likeness (QED) is 0.637. The summed E-state index contributed by atoms with van der Waals surface area (Å²) in [5.41, 5.74) is 0.566. The van der Waals surface area contributed by atoms with E-state index in [0.717, 1.165) is 4.90 Å². The lowest BCUT2D eigenvalue weighted by Gasteiger charge is -2.33. The maximum absolute atomic E-state index is 12.9. The SMILES string of the molecule is O=C(C[NH+]1CCN(C(=O)[C@@H]2CCC(=O)N2)CC1)Nc1ccc(F)cc1. The van der Waals surface area contributed by atoms with Crippen molar-refractivity contribution < 1.29 is 23.7 Å². The normalized spacial score (nSPS) is 21.1. The van der Waals surface area contributed by atoms with Gasteiger partial charge in [0.1, 0.15) is 11.9 Å². The van der Waals surface area contributed by atoms with Gasteiger partial charge < -0.3 is 20.4 Å². The fourth-order valence-corrected chi connectivity index (χ4v) is 3.21. The Hall–Kier alpha value is -2.48. The van der Waals surface area contributed by atoms with Crippen LogP contribution in [0.15, 0.2) is 24.3 Å². The molecule has 0 spiro atoms. The number of carbonyl (C=O) groups is 3. The van der Waals surface area contributed by atoms with Crippen molar-refractivity contribution in [3.63, 3.8) is 0 Å².